The molecule has 8 heteroatoms. The van der Waals surface area contributed by atoms with Gasteiger partial charge in [0.2, 0.25) is 0 Å². The monoisotopic (exact) mass is 387 g/mol. The third kappa shape index (κ3) is 4.32. The van der Waals surface area contributed by atoms with Crippen LogP contribution in [0.1, 0.15) is 26.3 Å². The number of rotatable bonds is 5. The van der Waals surface area contributed by atoms with Gasteiger partial charge in [-0.3, -0.25) is 9.48 Å². The molecule has 0 fully saturated rings. The second-order valence-corrected chi connectivity index (χ2v) is 6.06. The van der Waals surface area contributed by atoms with Crippen LogP contribution in [0, 0.1) is 5.82 Å². The largest absolute Gasteiger partial charge is 0.465 e. The molecule has 6 nitrogen and oxygen atoms in total. The Kier molecular flexibility index (Phi) is 5.52. The van der Waals surface area contributed by atoms with Gasteiger partial charge in [-0.2, -0.15) is 5.10 Å². The van der Waals surface area contributed by atoms with E-state index < -0.39 is 11.8 Å². The standard InChI is InChI=1S/C19H15ClFN3O3/c1-27-19(26)13-7-5-12(6-8-13)18(25)23-14-9-22-24(10-14)11-15-16(20)3-2-4-17(15)21/h2-10H,11H2,1H3,(H,23,25). The molecular weight excluding hydrogens is 373 g/mol. The quantitative estimate of drug-likeness (QED) is 0.676. The van der Waals surface area contributed by atoms with E-state index >= 15 is 0 Å². The molecular formula is C19H15ClFN3O3. The Bertz CT molecular complexity index is 966. The predicted octanol–water partition coefficient (Wildman–Crippen LogP) is 3.76. The summed E-state index contributed by atoms with van der Waals surface area (Å²) < 4.78 is 19.9. The number of hydrogen-bond acceptors (Lipinski definition) is 4. The van der Waals surface area contributed by atoms with Gasteiger partial charge in [0, 0.05) is 22.3 Å². The molecule has 2 aromatic carbocycles. The summed E-state index contributed by atoms with van der Waals surface area (Å²) in [6, 6.07) is 10.5. The fourth-order valence-electron chi connectivity index (χ4n) is 2.44. The van der Waals surface area contributed by atoms with Crippen molar-refractivity contribution >= 4 is 29.2 Å². The number of amides is 1. The van der Waals surface area contributed by atoms with Crippen LogP contribution in [0.2, 0.25) is 5.02 Å². The van der Waals surface area contributed by atoms with Crippen LogP contribution in [0.3, 0.4) is 0 Å². The number of halogens is 2. The number of aromatic nitrogens is 2. The number of anilines is 1. The highest BCUT2D eigenvalue weighted by Gasteiger charge is 2.12. The van der Waals surface area contributed by atoms with Crippen LogP contribution in [0.4, 0.5) is 10.1 Å². The summed E-state index contributed by atoms with van der Waals surface area (Å²) in [6.07, 6.45) is 3.03. The van der Waals surface area contributed by atoms with E-state index in [0.717, 1.165) is 0 Å². The lowest BCUT2D eigenvalue weighted by atomic mass is 10.1. The van der Waals surface area contributed by atoms with Gasteiger partial charge in [0.25, 0.3) is 5.91 Å². The summed E-state index contributed by atoms with van der Waals surface area (Å²) in [5, 5.41) is 7.10. The van der Waals surface area contributed by atoms with Crippen molar-refractivity contribution in [1.29, 1.82) is 0 Å². The molecule has 1 N–H and O–H groups in total. The maximum Gasteiger partial charge on any atom is 0.337 e. The average Bonchev–Trinajstić information content (AvgIpc) is 3.11. The number of methoxy groups -OCH3 is 1. The Morgan fingerprint density at radius 2 is 1.89 bits per heavy atom. The fourth-order valence-corrected chi connectivity index (χ4v) is 2.66. The minimum atomic E-state index is -0.477. The zero-order valence-corrected chi connectivity index (χ0v) is 15.0. The Balaban J connectivity index is 1.68. The van der Waals surface area contributed by atoms with Gasteiger partial charge in [-0.15, -0.1) is 0 Å². The zero-order valence-electron chi connectivity index (χ0n) is 14.3. The smallest absolute Gasteiger partial charge is 0.337 e. The van der Waals surface area contributed by atoms with E-state index in [0.29, 0.717) is 27.4 Å². The van der Waals surface area contributed by atoms with Gasteiger partial charge in [-0.25, -0.2) is 9.18 Å². The summed E-state index contributed by atoms with van der Waals surface area (Å²) >= 11 is 6.01. The van der Waals surface area contributed by atoms with Crippen molar-refractivity contribution in [2.45, 2.75) is 6.54 Å². The third-order valence-corrected chi connectivity index (χ3v) is 4.20. The molecule has 0 bridgehead atoms. The van der Waals surface area contributed by atoms with Gasteiger partial charge in [0.1, 0.15) is 5.82 Å². The highest BCUT2D eigenvalue weighted by molar-refractivity contribution is 6.31. The first-order chi connectivity index (χ1) is 13.0. The Morgan fingerprint density at radius 3 is 2.56 bits per heavy atom. The van der Waals surface area contributed by atoms with E-state index in [4.69, 9.17) is 11.6 Å². The van der Waals surface area contributed by atoms with Crippen molar-refractivity contribution in [3.05, 3.63) is 82.4 Å². The molecule has 1 aromatic heterocycles. The SMILES string of the molecule is COC(=O)c1ccc(C(=O)Nc2cnn(Cc3c(F)cccc3Cl)c2)cc1. The molecule has 0 aliphatic carbocycles. The first-order valence-corrected chi connectivity index (χ1v) is 8.31. The molecule has 0 aliphatic rings. The average molecular weight is 388 g/mol. The number of benzene rings is 2. The summed E-state index contributed by atoms with van der Waals surface area (Å²) in [5.41, 5.74) is 1.49. The lowest BCUT2D eigenvalue weighted by molar-refractivity contribution is 0.0600. The molecule has 138 valence electrons. The van der Waals surface area contributed by atoms with Crippen LogP contribution in [-0.2, 0) is 11.3 Å². The van der Waals surface area contributed by atoms with Crippen LogP contribution in [0.5, 0.6) is 0 Å². The molecule has 27 heavy (non-hydrogen) atoms. The van der Waals surface area contributed by atoms with Crippen molar-refractivity contribution in [2.75, 3.05) is 12.4 Å². The lowest BCUT2D eigenvalue weighted by Crippen LogP contribution is -2.12. The molecule has 0 radical (unpaired) electrons. The predicted molar refractivity (Wildman–Crippen MR) is 98.5 cm³/mol. The van der Waals surface area contributed by atoms with Gasteiger partial charge in [-0.1, -0.05) is 17.7 Å². The molecule has 0 saturated carbocycles. The Hall–Kier alpha value is -3.19. The number of ether oxygens (including phenoxy) is 1. The molecule has 3 aromatic rings. The van der Waals surface area contributed by atoms with E-state index in [2.05, 4.69) is 15.2 Å². The van der Waals surface area contributed by atoms with Crippen molar-refractivity contribution in [3.8, 4) is 0 Å². The Labute approximate surface area is 159 Å². The molecule has 0 atom stereocenters. The van der Waals surface area contributed by atoms with Gasteiger partial charge < -0.3 is 10.1 Å². The van der Waals surface area contributed by atoms with Gasteiger partial charge >= 0.3 is 5.97 Å². The van der Waals surface area contributed by atoms with Gasteiger partial charge in [0.15, 0.2) is 0 Å². The second kappa shape index (κ2) is 8.01. The van der Waals surface area contributed by atoms with Crippen LogP contribution in [-0.4, -0.2) is 28.8 Å². The number of carbonyl (C=O) groups is 2. The van der Waals surface area contributed by atoms with Crippen molar-refractivity contribution in [3.63, 3.8) is 0 Å². The van der Waals surface area contributed by atoms with Crippen molar-refractivity contribution in [2.24, 2.45) is 0 Å². The number of nitrogens with one attached hydrogen (secondary N) is 1. The molecule has 0 spiro atoms. The molecule has 0 unspecified atom stereocenters. The van der Waals surface area contributed by atoms with Crippen LogP contribution in [0.15, 0.2) is 54.9 Å². The van der Waals surface area contributed by atoms with Crippen LogP contribution >= 0.6 is 11.6 Å². The minimum Gasteiger partial charge on any atom is -0.465 e. The third-order valence-electron chi connectivity index (χ3n) is 3.84. The van der Waals surface area contributed by atoms with E-state index in [1.54, 1.807) is 12.3 Å². The normalized spacial score (nSPS) is 10.5. The minimum absolute atomic E-state index is 0.134. The molecule has 1 amide bonds. The maximum absolute atomic E-state index is 13.9. The number of esters is 1. The second-order valence-electron chi connectivity index (χ2n) is 5.65. The first kappa shape index (κ1) is 18.6. The molecule has 0 aliphatic heterocycles. The molecule has 0 saturated heterocycles. The topological polar surface area (TPSA) is 73.2 Å². The summed E-state index contributed by atoms with van der Waals surface area (Å²) in [5.74, 6) is -1.26. The highest BCUT2D eigenvalue weighted by atomic mass is 35.5. The highest BCUT2D eigenvalue weighted by Crippen LogP contribution is 2.20. The maximum atomic E-state index is 13.9. The Morgan fingerprint density at radius 1 is 1.19 bits per heavy atom. The fraction of sp³-hybridized carbons (Fsp3) is 0.105. The van der Waals surface area contributed by atoms with Crippen molar-refractivity contribution < 1.29 is 18.7 Å². The summed E-state index contributed by atoms with van der Waals surface area (Å²) in [4.78, 5) is 23.7. The lowest BCUT2D eigenvalue weighted by Gasteiger charge is -2.06. The van der Waals surface area contributed by atoms with E-state index in [1.165, 1.54) is 54.4 Å². The van der Waals surface area contributed by atoms with Crippen LogP contribution < -0.4 is 5.32 Å². The summed E-state index contributed by atoms with van der Waals surface area (Å²) in [7, 11) is 1.29. The van der Waals surface area contributed by atoms with Gasteiger partial charge in [-0.05, 0) is 36.4 Å². The van der Waals surface area contributed by atoms with E-state index in [1.807, 2.05) is 0 Å². The molecule has 1 heterocycles. The zero-order chi connectivity index (χ0) is 19.4. The van der Waals surface area contributed by atoms with Crippen LogP contribution in [0.25, 0.3) is 0 Å². The number of hydrogen-bond donors (Lipinski definition) is 1. The first-order valence-electron chi connectivity index (χ1n) is 7.93. The number of nitrogens with zero attached hydrogens (tertiary/aromatic N) is 2. The van der Waals surface area contributed by atoms with E-state index in [-0.39, 0.29) is 12.5 Å². The number of carbonyl (C=O) groups excluding carboxylic acids is 2. The van der Waals surface area contributed by atoms with E-state index in [9.17, 15) is 14.0 Å². The van der Waals surface area contributed by atoms with Crippen molar-refractivity contribution in [1.82, 2.24) is 9.78 Å². The molecule has 3 rings (SSSR count). The van der Waals surface area contributed by atoms with Gasteiger partial charge in [0.05, 0.1) is 31.1 Å². The summed E-state index contributed by atoms with van der Waals surface area (Å²) in [6.45, 7) is 0.134.